The van der Waals surface area contributed by atoms with Crippen LogP contribution < -0.4 is 10.6 Å². The maximum atomic E-state index is 11.7. The van der Waals surface area contributed by atoms with Gasteiger partial charge < -0.3 is 10.4 Å². The zero-order valence-electron chi connectivity index (χ0n) is 12.0. The number of anilines is 1. The highest BCUT2D eigenvalue weighted by Gasteiger charge is 2.16. The van der Waals surface area contributed by atoms with E-state index in [0.717, 1.165) is 11.3 Å². The molecule has 0 aliphatic heterocycles. The lowest BCUT2D eigenvalue weighted by Crippen LogP contribution is -2.34. The Hall–Kier alpha value is -1.63. The van der Waals surface area contributed by atoms with Gasteiger partial charge in [-0.3, -0.25) is 10.1 Å². The first-order valence-electron chi connectivity index (χ1n) is 6.56. The van der Waals surface area contributed by atoms with Crippen molar-refractivity contribution < 1.29 is 14.7 Å². The Morgan fingerprint density at radius 3 is 2.65 bits per heavy atom. The number of amides is 2. The molecule has 1 unspecified atom stereocenters. The van der Waals surface area contributed by atoms with Gasteiger partial charge in [-0.15, -0.1) is 11.3 Å². The minimum atomic E-state index is -0.839. The number of aliphatic carboxylic acids is 1. The van der Waals surface area contributed by atoms with Gasteiger partial charge >= 0.3 is 12.0 Å². The van der Waals surface area contributed by atoms with Gasteiger partial charge in [0.05, 0.1) is 0 Å². The van der Waals surface area contributed by atoms with E-state index in [-0.39, 0.29) is 18.4 Å². The van der Waals surface area contributed by atoms with E-state index in [1.54, 1.807) is 6.20 Å². The molecule has 1 rings (SSSR count). The van der Waals surface area contributed by atoms with Crippen molar-refractivity contribution in [3.05, 3.63) is 11.1 Å². The molecule has 0 saturated heterocycles. The number of urea groups is 1. The van der Waals surface area contributed by atoms with Crippen LogP contribution in [0.2, 0.25) is 0 Å². The second-order valence-electron chi connectivity index (χ2n) is 5.20. The minimum Gasteiger partial charge on any atom is -0.481 e. The van der Waals surface area contributed by atoms with Gasteiger partial charge in [0.15, 0.2) is 5.13 Å². The second kappa shape index (κ2) is 7.84. The summed E-state index contributed by atoms with van der Waals surface area (Å²) in [7, 11) is 0. The van der Waals surface area contributed by atoms with E-state index < -0.39 is 5.97 Å². The molecule has 0 aromatic carbocycles. The molecule has 1 aromatic rings. The molecule has 6 nitrogen and oxygen atoms in total. The van der Waals surface area contributed by atoms with Crippen molar-refractivity contribution in [2.24, 2.45) is 11.8 Å². The molecule has 0 fully saturated rings. The molecule has 7 heteroatoms. The molecule has 1 atom stereocenters. The fraction of sp³-hybridized carbons (Fsp3) is 0.615. The van der Waals surface area contributed by atoms with Crippen molar-refractivity contribution in [2.45, 2.75) is 33.6 Å². The van der Waals surface area contributed by atoms with Crippen LogP contribution in [0, 0.1) is 18.8 Å². The fourth-order valence-electron chi connectivity index (χ4n) is 1.94. The summed E-state index contributed by atoms with van der Waals surface area (Å²) in [5.74, 6) is -0.504. The molecule has 2 amide bonds. The van der Waals surface area contributed by atoms with E-state index in [9.17, 15) is 9.59 Å². The van der Waals surface area contributed by atoms with Crippen LogP contribution in [0.3, 0.4) is 0 Å². The Labute approximate surface area is 122 Å². The van der Waals surface area contributed by atoms with E-state index >= 15 is 0 Å². The smallest absolute Gasteiger partial charge is 0.321 e. The number of aromatic nitrogens is 1. The maximum absolute atomic E-state index is 11.7. The first-order chi connectivity index (χ1) is 9.36. The summed E-state index contributed by atoms with van der Waals surface area (Å²) in [6.07, 6.45) is 2.52. The van der Waals surface area contributed by atoms with Crippen LogP contribution in [0.25, 0.3) is 0 Å². The first-order valence-corrected chi connectivity index (χ1v) is 7.37. The third-order valence-corrected chi connectivity index (χ3v) is 3.49. The van der Waals surface area contributed by atoms with Crippen molar-refractivity contribution in [1.29, 1.82) is 0 Å². The van der Waals surface area contributed by atoms with Gasteiger partial charge in [-0.1, -0.05) is 13.8 Å². The van der Waals surface area contributed by atoms with Gasteiger partial charge in [-0.05, 0) is 25.2 Å². The molecule has 3 N–H and O–H groups in total. The van der Waals surface area contributed by atoms with Crippen LogP contribution in [0.15, 0.2) is 6.20 Å². The second-order valence-corrected chi connectivity index (χ2v) is 6.44. The van der Waals surface area contributed by atoms with Crippen molar-refractivity contribution in [3.8, 4) is 0 Å². The summed E-state index contributed by atoms with van der Waals surface area (Å²) in [5, 5.41) is 14.7. The van der Waals surface area contributed by atoms with Gasteiger partial charge in [0, 0.05) is 24.0 Å². The monoisotopic (exact) mass is 299 g/mol. The highest BCUT2D eigenvalue weighted by atomic mass is 32.1. The predicted molar refractivity (Wildman–Crippen MR) is 79.1 cm³/mol. The standard InChI is InChI=1S/C13H21N3O3S/c1-8(2)4-10(5-11(17)18)7-14-12(19)16-13-15-6-9(3)20-13/h6,8,10H,4-5,7H2,1-3H3,(H,17,18)(H2,14,15,16,19). The Morgan fingerprint density at radius 2 is 2.15 bits per heavy atom. The van der Waals surface area contributed by atoms with Crippen LogP contribution in [-0.2, 0) is 4.79 Å². The summed E-state index contributed by atoms with van der Waals surface area (Å²) in [5.41, 5.74) is 0. The van der Waals surface area contributed by atoms with Gasteiger partial charge in [0.2, 0.25) is 0 Å². The Morgan fingerprint density at radius 1 is 1.45 bits per heavy atom. The predicted octanol–water partition coefficient (Wildman–Crippen LogP) is 2.71. The quantitative estimate of drug-likeness (QED) is 0.722. The fourth-order valence-corrected chi connectivity index (χ4v) is 2.60. The molecule has 0 radical (unpaired) electrons. The number of hydrogen-bond acceptors (Lipinski definition) is 4. The molecule has 1 heterocycles. The van der Waals surface area contributed by atoms with Crippen molar-refractivity contribution in [3.63, 3.8) is 0 Å². The summed E-state index contributed by atoms with van der Waals surface area (Å²) in [6.45, 7) is 6.33. The Kier molecular flexibility index (Phi) is 6.44. The molecule has 1 aromatic heterocycles. The summed E-state index contributed by atoms with van der Waals surface area (Å²) >= 11 is 1.39. The van der Waals surface area contributed by atoms with Crippen LogP contribution in [0.1, 0.15) is 31.6 Å². The van der Waals surface area contributed by atoms with Gasteiger partial charge in [-0.2, -0.15) is 0 Å². The number of aryl methyl sites for hydroxylation is 1. The molecule has 0 aliphatic rings. The van der Waals surface area contributed by atoms with Crippen molar-refractivity contribution >= 4 is 28.5 Å². The normalized spacial score (nSPS) is 12.2. The summed E-state index contributed by atoms with van der Waals surface area (Å²) in [6, 6.07) is -0.349. The van der Waals surface area contributed by atoms with Crippen LogP contribution >= 0.6 is 11.3 Å². The molecule has 0 bridgehead atoms. The number of carboxylic acid groups (broad SMARTS) is 1. The maximum Gasteiger partial charge on any atom is 0.321 e. The van der Waals surface area contributed by atoms with E-state index in [0.29, 0.717) is 17.6 Å². The summed E-state index contributed by atoms with van der Waals surface area (Å²) in [4.78, 5) is 27.5. The first kappa shape index (κ1) is 16.4. The lowest BCUT2D eigenvalue weighted by molar-refractivity contribution is -0.138. The lowest BCUT2D eigenvalue weighted by atomic mass is 9.94. The SMILES string of the molecule is Cc1cnc(NC(=O)NCC(CC(=O)O)CC(C)C)s1. The highest BCUT2D eigenvalue weighted by Crippen LogP contribution is 2.17. The molecular formula is C13H21N3O3S. The Balaban J connectivity index is 2.41. The Bertz CT molecular complexity index is 459. The molecule has 112 valence electrons. The zero-order valence-corrected chi connectivity index (χ0v) is 12.8. The largest absolute Gasteiger partial charge is 0.481 e. The molecular weight excluding hydrogens is 278 g/mol. The number of rotatable bonds is 7. The van der Waals surface area contributed by atoms with Crippen molar-refractivity contribution in [2.75, 3.05) is 11.9 Å². The van der Waals surface area contributed by atoms with E-state index in [2.05, 4.69) is 15.6 Å². The molecule has 0 saturated carbocycles. The highest BCUT2D eigenvalue weighted by molar-refractivity contribution is 7.15. The molecule has 20 heavy (non-hydrogen) atoms. The third-order valence-electron chi connectivity index (χ3n) is 2.66. The number of thiazole rings is 1. The number of carbonyl (C=O) groups excluding carboxylic acids is 1. The minimum absolute atomic E-state index is 0.0590. The third kappa shape index (κ3) is 6.51. The lowest BCUT2D eigenvalue weighted by Gasteiger charge is -2.17. The average Bonchev–Trinajstić information content (AvgIpc) is 2.70. The number of carbonyl (C=O) groups is 2. The number of nitrogens with one attached hydrogen (secondary N) is 2. The number of carboxylic acids is 1. The average molecular weight is 299 g/mol. The number of hydrogen-bond donors (Lipinski definition) is 3. The van der Waals surface area contributed by atoms with Crippen molar-refractivity contribution in [1.82, 2.24) is 10.3 Å². The van der Waals surface area contributed by atoms with Gasteiger partial charge in [0.25, 0.3) is 0 Å². The molecule has 0 aliphatic carbocycles. The number of nitrogens with zero attached hydrogens (tertiary/aromatic N) is 1. The van der Waals surface area contributed by atoms with E-state index in [4.69, 9.17) is 5.11 Å². The van der Waals surface area contributed by atoms with Gasteiger partial charge in [0.1, 0.15) is 0 Å². The topological polar surface area (TPSA) is 91.3 Å². The molecule has 0 spiro atoms. The zero-order chi connectivity index (χ0) is 15.1. The van der Waals surface area contributed by atoms with E-state index in [1.165, 1.54) is 11.3 Å². The van der Waals surface area contributed by atoms with Crippen LogP contribution in [0.4, 0.5) is 9.93 Å². The van der Waals surface area contributed by atoms with Crippen LogP contribution in [-0.4, -0.2) is 28.6 Å². The summed E-state index contributed by atoms with van der Waals surface area (Å²) < 4.78 is 0. The van der Waals surface area contributed by atoms with Gasteiger partial charge in [-0.25, -0.2) is 9.78 Å². The van der Waals surface area contributed by atoms with Crippen LogP contribution in [0.5, 0.6) is 0 Å². The van der Waals surface area contributed by atoms with E-state index in [1.807, 2.05) is 20.8 Å².